The lowest BCUT2D eigenvalue weighted by molar-refractivity contribution is -0.144. The molecular weight excluding hydrogens is 411 g/mol. The van der Waals surface area contributed by atoms with Crippen molar-refractivity contribution >= 4 is 64.1 Å². The van der Waals surface area contributed by atoms with E-state index in [1.165, 1.54) is 18.7 Å². The predicted molar refractivity (Wildman–Crippen MR) is 108 cm³/mol. The number of amides is 2. The van der Waals surface area contributed by atoms with Gasteiger partial charge in [-0.1, -0.05) is 23.2 Å². The molecule has 0 aliphatic carbocycles. The summed E-state index contributed by atoms with van der Waals surface area (Å²) < 4.78 is 4.94. The van der Waals surface area contributed by atoms with E-state index in [4.69, 9.17) is 27.9 Å². The number of rotatable bonds is 7. The summed E-state index contributed by atoms with van der Waals surface area (Å²) in [6.45, 7) is 0.999. The van der Waals surface area contributed by atoms with E-state index in [1.807, 2.05) is 0 Å². The molecule has 2 aromatic rings. The average Bonchev–Trinajstić information content (AvgIpc) is 2.62. The van der Waals surface area contributed by atoms with Crippen LogP contribution in [0.15, 0.2) is 47.4 Å². The summed E-state index contributed by atoms with van der Waals surface area (Å²) in [5, 5.41) is 6.21. The number of esters is 1. The SMILES string of the molecule is CC(=O)Nc1ccc(NC(=O)COC(=O)CSc2cc(Cl)ccc2Cl)cc1. The van der Waals surface area contributed by atoms with Gasteiger partial charge in [0.15, 0.2) is 6.61 Å². The van der Waals surface area contributed by atoms with Crippen LogP contribution in [0.1, 0.15) is 6.92 Å². The molecule has 0 fully saturated rings. The lowest BCUT2D eigenvalue weighted by Gasteiger charge is -2.08. The molecule has 9 heteroatoms. The van der Waals surface area contributed by atoms with Crippen LogP contribution >= 0.6 is 35.0 Å². The Bertz CT molecular complexity index is 844. The highest BCUT2D eigenvalue weighted by molar-refractivity contribution is 8.00. The van der Waals surface area contributed by atoms with E-state index < -0.39 is 18.5 Å². The molecule has 0 aliphatic heterocycles. The number of nitrogens with one attached hydrogen (secondary N) is 2. The Kier molecular flexibility index (Phi) is 7.97. The lowest BCUT2D eigenvalue weighted by atomic mass is 10.2. The van der Waals surface area contributed by atoms with Crippen LogP contribution in [0.25, 0.3) is 0 Å². The van der Waals surface area contributed by atoms with Crippen LogP contribution in [0.4, 0.5) is 11.4 Å². The van der Waals surface area contributed by atoms with Crippen LogP contribution in [0.5, 0.6) is 0 Å². The van der Waals surface area contributed by atoms with Gasteiger partial charge >= 0.3 is 5.97 Å². The van der Waals surface area contributed by atoms with E-state index in [0.29, 0.717) is 26.3 Å². The fourth-order valence-corrected chi connectivity index (χ4v) is 3.24. The van der Waals surface area contributed by atoms with Gasteiger partial charge in [0, 0.05) is 28.2 Å². The zero-order chi connectivity index (χ0) is 19.8. The summed E-state index contributed by atoms with van der Waals surface area (Å²) in [5.74, 6) is -1.21. The van der Waals surface area contributed by atoms with E-state index in [-0.39, 0.29) is 11.7 Å². The van der Waals surface area contributed by atoms with Gasteiger partial charge in [-0.05, 0) is 42.5 Å². The standard InChI is InChI=1S/C18H16Cl2N2O4S/c1-11(23)21-13-3-5-14(6-4-13)22-17(24)9-26-18(25)10-27-16-8-12(19)2-7-15(16)20/h2-8H,9-10H2,1H3,(H,21,23)(H,22,24). The van der Waals surface area contributed by atoms with E-state index in [1.54, 1.807) is 42.5 Å². The molecule has 0 aliphatic rings. The number of hydrogen-bond acceptors (Lipinski definition) is 5. The summed E-state index contributed by atoms with van der Waals surface area (Å²) >= 11 is 13.1. The number of hydrogen-bond donors (Lipinski definition) is 2. The Morgan fingerprint density at radius 1 is 1.00 bits per heavy atom. The minimum atomic E-state index is -0.549. The van der Waals surface area contributed by atoms with E-state index in [9.17, 15) is 14.4 Å². The molecule has 2 N–H and O–H groups in total. The topological polar surface area (TPSA) is 84.5 Å². The number of ether oxygens (including phenoxy) is 1. The molecule has 6 nitrogen and oxygen atoms in total. The third kappa shape index (κ3) is 7.50. The van der Waals surface area contributed by atoms with Crippen LogP contribution in [0, 0.1) is 0 Å². The molecule has 0 bridgehead atoms. The maximum Gasteiger partial charge on any atom is 0.316 e. The van der Waals surface area contributed by atoms with Crippen LogP contribution in [0.3, 0.4) is 0 Å². The second-order valence-electron chi connectivity index (χ2n) is 5.33. The Labute approximate surface area is 170 Å². The molecule has 142 valence electrons. The van der Waals surface area contributed by atoms with Gasteiger partial charge in [-0.15, -0.1) is 11.8 Å². The summed E-state index contributed by atoms with van der Waals surface area (Å²) in [6, 6.07) is 11.5. The number of halogens is 2. The molecular formula is C18H16Cl2N2O4S. The van der Waals surface area contributed by atoms with Gasteiger partial charge in [0.05, 0.1) is 10.8 Å². The molecule has 0 radical (unpaired) electrons. The smallest absolute Gasteiger partial charge is 0.316 e. The van der Waals surface area contributed by atoms with Crippen LogP contribution in [-0.4, -0.2) is 30.1 Å². The average molecular weight is 427 g/mol. The maximum absolute atomic E-state index is 11.8. The Hall–Kier alpha value is -2.22. The number of benzene rings is 2. The van der Waals surface area contributed by atoms with Crippen molar-refractivity contribution in [2.75, 3.05) is 23.0 Å². The van der Waals surface area contributed by atoms with Gasteiger partial charge in [-0.3, -0.25) is 14.4 Å². The monoisotopic (exact) mass is 426 g/mol. The molecule has 2 amide bonds. The number of thioether (sulfide) groups is 1. The molecule has 0 saturated carbocycles. The van der Waals surface area contributed by atoms with Crippen molar-refractivity contribution in [1.29, 1.82) is 0 Å². The fraction of sp³-hybridized carbons (Fsp3) is 0.167. The van der Waals surface area contributed by atoms with Crippen LogP contribution in [-0.2, 0) is 19.1 Å². The maximum atomic E-state index is 11.8. The first-order valence-electron chi connectivity index (χ1n) is 7.74. The normalized spacial score (nSPS) is 10.2. The molecule has 0 heterocycles. The number of anilines is 2. The van der Waals surface area contributed by atoms with E-state index >= 15 is 0 Å². The molecule has 27 heavy (non-hydrogen) atoms. The van der Waals surface area contributed by atoms with Crippen LogP contribution in [0.2, 0.25) is 10.0 Å². The first kappa shape index (κ1) is 21.1. The van der Waals surface area contributed by atoms with Crippen molar-refractivity contribution in [2.45, 2.75) is 11.8 Å². The minimum Gasteiger partial charge on any atom is -0.455 e. The van der Waals surface area contributed by atoms with Crippen molar-refractivity contribution in [2.24, 2.45) is 0 Å². The molecule has 0 unspecified atom stereocenters. The Morgan fingerprint density at radius 3 is 2.26 bits per heavy atom. The molecule has 0 aromatic heterocycles. The highest BCUT2D eigenvalue weighted by atomic mass is 35.5. The van der Waals surface area contributed by atoms with Gasteiger partial charge in [-0.25, -0.2) is 0 Å². The quantitative estimate of drug-likeness (QED) is 0.511. The van der Waals surface area contributed by atoms with Gasteiger partial charge < -0.3 is 15.4 Å². The zero-order valence-electron chi connectivity index (χ0n) is 14.3. The van der Waals surface area contributed by atoms with Gasteiger partial charge in [0.2, 0.25) is 5.91 Å². The first-order valence-corrected chi connectivity index (χ1v) is 9.48. The predicted octanol–water partition coefficient (Wildman–Crippen LogP) is 4.23. The molecule has 2 aromatic carbocycles. The van der Waals surface area contributed by atoms with Gasteiger partial charge in [-0.2, -0.15) is 0 Å². The number of carbonyl (C=O) groups excluding carboxylic acids is 3. The second-order valence-corrected chi connectivity index (χ2v) is 7.19. The van der Waals surface area contributed by atoms with E-state index in [2.05, 4.69) is 10.6 Å². The van der Waals surface area contributed by atoms with Crippen molar-refractivity contribution in [3.63, 3.8) is 0 Å². The van der Waals surface area contributed by atoms with Crippen molar-refractivity contribution < 1.29 is 19.1 Å². The summed E-state index contributed by atoms with van der Waals surface area (Å²) in [4.78, 5) is 35.2. The summed E-state index contributed by atoms with van der Waals surface area (Å²) in [5.41, 5.74) is 1.13. The Morgan fingerprint density at radius 2 is 1.63 bits per heavy atom. The largest absolute Gasteiger partial charge is 0.455 e. The molecule has 0 atom stereocenters. The third-order valence-electron chi connectivity index (χ3n) is 3.09. The first-order chi connectivity index (χ1) is 12.8. The number of carbonyl (C=O) groups is 3. The molecule has 0 saturated heterocycles. The Balaban J connectivity index is 1.75. The highest BCUT2D eigenvalue weighted by Gasteiger charge is 2.10. The molecule has 0 spiro atoms. The lowest BCUT2D eigenvalue weighted by Crippen LogP contribution is -2.21. The van der Waals surface area contributed by atoms with E-state index in [0.717, 1.165) is 0 Å². The summed E-state index contributed by atoms with van der Waals surface area (Å²) in [7, 11) is 0. The van der Waals surface area contributed by atoms with Crippen molar-refractivity contribution in [3.05, 3.63) is 52.5 Å². The van der Waals surface area contributed by atoms with Crippen molar-refractivity contribution in [3.8, 4) is 0 Å². The van der Waals surface area contributed by atoms with Crippen LogP contribution < -0.4 is 10.6 Å². The fourth-order valence-electron chi connectivity index (χ4n) is 1.95. The second kappa shape index (κ2) is 10.2. The van der Waals surface area contributed by atoms with Gasteiger partial charge in [0.25, 0.3) is 5.91 Å². The van der Waals surface area contributed by atoms with Gasteiger partial charge in [0.1, 0.15) is 0 Å². The summed E-state index contributed by atoms with van der Waals surface area (Å²) in [6.07, 6.45) is 0. The zero-order valence-corrected chi connectivity index (χ0v) is 16.6. The molecule has 2 rings (SSSR count). The van der Waals surface area contributed by atoms with Crippen molar-refractivity contribution in [1.82, 2.24) is 0 Å². The highest BCUT2D eigenvalue weighted by Crippen LogP contribution is 2.29. The third-order valence-corrected chi connectivity index (χ3v) is 4.80. The minimum absolute atomic E-state index is 0.00124.